The number of likely N-dealkylation sites (tertiary alicyclic amines) is 1. The molecule has 0 unspecified atom stereocenters. The smallest absolute Gasteiger partial charge is 0.305 e. The van der Waals surface area contributed by atoms with Gasteiger partial charge < -0.3 is 44.6 Å². The van der Waals surface area contributed by atoms with Crippen molar-refractivity contribution in [3.05, 3.63) is 90.0 Å². The highest BCUT2D eigenvalue weighted by Crippen LogP contribution is 2.35. The second-order valence-corrected chi connectivity index (χ2v) is 13.9. The van der Waals surface area contributed by atoms with Crippen molar-refractivity contribution in [2.24, 2.45) is 0 Å². The number of nitrogens with one attached hydrogen (secondary N) is 3. The summed E-state index contributed by atoms with van der Waals surface area (Å²) < 4.78 is 22.3. The third kappa shape index (κ3) is 13.4. The van der Waals surface area contributed by atoms with Crippen LogP contribution in [0, 0.1) is 0 Å². The Kier molecular flexibility index (Phi) is 16.4. The fourth-order valence-corrected chi connectivity index (χ4v) is 6.34. The predicted octanol–water partition coefficient (Wildman–Crippen LogP) is 5.85. The minimum atomic E-state index is -0.868. The maximum atomic E-state index is 13.5. The van der Waals surface area contributed by atoms with Gasteiger partial charge in [-0.15, -0.1) is 10.2 Å². The number of benzene rings is 2. The maximum Gasteiger partial charge on any atom is 0.305 e. The molecule has 2 aromatic carbocycles. The normalized spacial score (nSPS) is 14.7. The number of hydrogen-bond acceptors (Lipinski definition) is 11. The van der Waals surface area contributed by atoms with E-state index in [0.29, 0.717) is 51.0 Å². The Labute approximate surface area is 323 Å². The van der Waals surface area contributed by atoms with Crippen LogP contribution in [0.2, 0.25) is 0 Å². The molecule has 0 radical (unpaired) electrons. The fourth-order valence-electron chi connectivity index (χ4n) is 6.34. The molecule has 0 spiro atoms. The van der Waals surface area contributed by atoms with E-state index in [-0.39, 0.29) is 25.0 Å². The van der Waals surface area contributed by atoms with Crippen LogP contribution in [0.4, 0.5) is 5.69 Å². The van der Waals surface area contributed by atoms with Crippen molar-refractivity contribution in [2.75, 3.05) is 71.7 Å². The summed E-state index contributed by atoms with van der Waals surface area (Å²) in [5, 5.41) is 24.5. The van der Waals surface area contributed by atoms with Gasteiger partial charge in [0.15, 0.2) is 11.6 Å². The van der Waals surface area contributed by atoms with Crippen LogP contribution in [0.3, 0.4) is 0 Å². The van der Waals surface area contributed by atoms with E-state index in [0.717, 1.165) is 80.0 Å². The van der Waals surface area contributed by atoms with E-state index in [1.807, 2.05) is 67.6 Å². The standard InChI is InChI=1S/C41H55N7O7/c1-31(33-9-8-12-36(30-33)55-23-6-4-3-5-22-52-25-27-54-28-26-53-24-15-37(49)50)43-39(51)34-10-7-11-35(29-34)45-41(16-20-48(2)21-17-41)40-44-38(46-47-40)32-13-18-42-19-14-32/h7-14,18-19,29-31,45H,3-6,15-17,20-28H2,1-2H3,(H,43,51)(H,49,50)(H,44,46,47)/t31-/m1/s1. The molecule has 5 rings (SSSR count). The molecule has 0 bridgehead atoms. The van der Waals surface area contributed by atoms with Crippen LogP contribution in [0.1, 0.15) is 79.7 Å². The summed E-state index contributed by atoms with van der Waals surface area (Å²) in [6.45, 7) is 7.08. The number of hydrogen-bond donors (Lipinski definition) is 4. The molecule has 14 nitrogen and oxygen atoms in total. The van der Waals surface area contributed by atoms with Gasteiger partial charge in [0.2, 0.25) is 0 Å². The summed E-state index contributed by atoms with van der Waals surface area (Å²) in [4.78, 5) is 33.8. The van der Waals surface area contributed by atoms with Gasteiger partial charge in [-0.2, -0.15) is 0 Å². The van der Waals surface area contributed by atoms with Crippen LogP contribution in [0.25, 0.3) is 11.4 Å². The number of rotatable bonds is 24. The number of amides is 1. The number of anilines is 1. The summed E-state index contributed by atoms with van der Waals surface area (Å²) in [6.07, 6.45) is 9.13. The molecule has 1 fully saturated rings. The number of nitrogens with zero attached hydrogens (tertiary/aromatic N) is 4. The number of carboxylic acids is 1. The Morgan fingerprint density at radius 1 is 0.855 bits per heavy atom. The Morgan fingerprint density at radius 3 is 2.29 bits per heavy atom. The lowest BCUT2D eigenvalue weighted by Gasteiger charge is -2.40. The number of carboxylic acid groups (broad SMARTS) is 1. The molecule has 2 aromatic heterocycles. The van der Waals surface area contributed by atoms with Crippen LogP contribution in [0.15, 0.2) is 73.1 Å². The molecule has 14 heteroatoms. The minimum Gasteiger partial charge on any atom is -0.494 e. The summed E-state index contributed by atoms with van der Waals surface area (Å²) in [5.74, 6) is 1.23. The molecular formula is C41H55N7O7. The maximum absolute atomic E-state index is 13.5. The van der Waals surface area contributed by atoms with Crippen molar-refractivity contribution in [2.45, 2.75) is 63.5 Å². The van der Waals surface area contributed by atoms with Crippen molar-refractivity contribution < 1.29 is 33.6 Å². The Morgan fingerprint density at radius 2 is 1.55 bits per heavy atom. The number of H-pyrrole nitrogens is 1. The van der Waals surface area contributed by atoms with Gasteiger partial charge in [0.25, 0.3) is 5.91 Å². The van der Waals surface area contributed by atoms with Crippen molar-refractivity contribution in [1.82, 2.24) is 30.4 Å². The first-order valence-corrected chi connectivity index (χ1v) is 19.2. The molecule has 1 saturated heterocycles. The number of pyridine rings is 1. The van der Waals surface area contributed by atoms with Gasteiger partial charge in [-0.1, -0.05) is 24.6 Å². The van der Waals surface area contributed by atoms with E-state index in [2.05, 4.69) is 42.7 Å². The first-order chi connectivity index (χ1) is 26.8. The van der Waals surface area contributed by atoms with E-state index in [1.54, 1.807) is 12.4 Å². The van der Waals surface area contributed by atoms with E-state index in [4.69, 9.17) is 24.1 Å². The van der Waals surface area contributed by atoms with Gasteiger partial charge in [0.05, 0.1) is 57.6 Å². The first-order valence-electron chi connectivity index (χ1n) is 19.2. The van der Waals surface area contributed by atoms with Gasteiger partial charge in [0.1, 0.15) is 5.75 Å². The number of aromatic nitrogens is 4. The fraction of sp³-hybridized carbons (Fsp3) is 0.488. The number of ether oxygens (including phenoxy) is 4. The molecular weight excluding hydrogens is 702 g/mol. The lowest BCUT2D eigenvalue weighted by atomic mass is 9.86. The summed E-state index contributed by atoms with van der Waals surface area (Å²) in [7, 11) is 2.12. The molecule has 1 amide bonds. The van der Waals surface area contributed by atoms with E-state index in [1.165, 1.54) is 0 Å². The SMILES string of the molecule is C[C@@H](NC(=O)c1cccc(NC2(c3nnc(-c4ccncc4)[nH]3)CCN(C)CC2)c1)c1cccc(OCCCCCCOCCOCCOCCC(=O)O)c1. The number of piperidine rings is 1. The zero-order valence-corrected chi connectivity index (χ0v) is 32.0. The Bertz CT molecular complexity index is 1750. The number of carbonyl (C=O) groups excluding carboxylic acids is 1. The van der Waals surface area contributed by atoms with E-state index < -0.39 is 11.5 Å². The second kappa shape index (κ2) is 21.9. The van der Waals surface area contributed by atoms with Crippen LogP contribution in [0.5, 0.6) is 5.75 Å². The molecule has 0 saturated carbocycles. The number of unbranched alkanes of at least 4 members (excludes halogenated alkanes) is 3. The monoisotopic (exact) mass is 757 g/mol. The van der Waals surface area contributed by atoms with Crippen LogP contribution >= 0.6 is 0 Å². The van der Waals surface area contributed by atoms with Gasteiger partial charge in [-0.25, -0.2) is 0 Å². The average molecular weight is 758 g/mol. The number of aliphatic carboxylic acids is 1. The third-order valence-electron chi connectivity index (χ3n) is 9.60. The predicted molar refractivity (Wildman–Crippen MR) is 209 cm³/mol. The van der Waals surface area contributed by atoms with Gasteiger partial charge >= 0.3 is 5.97 Å². The van der Waals surface area contributed by atoms with Gasteiger partial charge in [-0.05, 0) is 94.1 Å². The zero-order valence-electron chi connectivity index (χ0n) is 32.0. The van der Waals surface area contributed by atoms with E-state index in [9.17, 15) is 9.59 Å². The van der Waals surface area contributed by atoms with Crippen molar-refractivity contribution in [3.8, 4) is 17.1 Å². The highest BCUT2D eigenvalue weighted by Gasteiger charge is 2.39. The Hall–Kier alpha value is -4.89. The Balaban J connectivity index is 1.03. The molecule has 4 N–H and O–H groups in total. The van der Waals surface area contributed by atoms with Gasteiger partial charge in [0, 0.05) is 48.9 Å². The molecule has 0 aliphatic carbocycles. The molecule has 55 heavy (non-hydrogen) atoms. The lowest BCUT2D eigenvalue weighted by molar-refractivity contribution is -0.138. The number of aromatic amines is 1. The topological polar surface area (TPSA) is 173 Å². The molecule has 1 atom stereocenters. The van der Waals surface area contributed by atoms with Crippen LogP contribution < -0.4 is 15.4 Å². The highest BCUT2D eigenvalue weighted by atomic mass is 16.5. The largest absolute Gasteiger partial charge is 0.494 e. The molecule has 1 aliphatic rings. The average Bonchev–Trinajstić information content (AvgIpc) is 3.71. The summed E-state index contributed by atoms with van der Waals surface area (Å²) >= 11 is 0. The minimum absolute atomic E-state index is 0.00198. The van der Waals surface area contributed by atoms with Crippen molar-refractivity contribution in [3.63, 3.8) is 0 Å². The van der Waals surface area contributed by atoms with Crippen LogP contribution in [-0.2, 0) is 24.5 Å². The van der Waals surface area contributed by atoms with Crippen molar-refractivity contribution in [1.29, 1.82) is 0 Å². The third-order valence-corrected chi connectivity index (χ3v) is 9.60. The molecule has 3 heterocycles. The van der Waals surface area contributed by atoms with E-state index >= 15 is 0 Å². The summed E-state index contributed by atoms with van der Waals surface area (Å²) in [5.41, 5.74) is 2.83. The zero-order chi connectivity index (χ0) is 38.7. The quantitative estimate of drug-likeness (QED) is 0.0629. The molecule has 296 valence electrons. The van der Waals surface area contributed by atoms with Crippen LogP contribution in [-0.4, -0.2) is 108 Å². The molecule has 1 aliphatic heterocycles. The molecule has 4 aromatic rings. The highest BCUT2D eigenvalue weighted by molar-refractivity contribution is 5.95. The first kappa shape index (κ1) is 41.3. The van der Waals surface area contributed by atoms with Crippen molar-refractivity contribution >= 4 is 17.6 Å². The lowest BCUT2D eigenvalue weighted by Crippen LogP contribution is -2.46. The second-order valence-electron chi connectivity index (χ2n) is 13.9. The summed E-state index contributed by atoms with van der Waals surface area (Å²) in [6, 6.07) is 19.1. The number of carbonyl (C=O) groups is 2. The van der Waals surface area contributed by atoms with Gasteiger partial charge in [-0.3, -0.25) is 14.6 Å².